The highest BCUT2D eigenvalue weighted by atomic mass is 79.9. The lowest BCUT2D eigenvalue weighted by molar-refractivity contribution is -0.0608. The summed E-state index contributed by atoms with van der Waals surface area (Å²) >= 11 is 3.27. The van der Waals surface area contributed by atoms with Crippen molar-refractivity contribution in [3.05, 3.63) is 63.6 Å². The molecule has 0 spiro atoms. The molecule has 2 rings (SSSR count). The minimum atomic E-state index is -4.63. The van der Waals surface area contributed by atoms with Crippen molar-refractivity contribution in [1.82, 2.24) is 0 Å². The summed E-state index contributed by atoms with van der Waals surface area (Å²) in [5, 5.41) is 3.10. The first kappa shape index (κ1) is 28.6. The van der Waals surface area contributed by atoms with Crippen LogP contribution < -0.4 is 14.2 Å². The monoisotopic (exact) mass is 557 g/mol. The third kappa shape index (κ3) is 9.12. The first-order valence-electron chi connectivity index (χ1n) is 11.3. The zero-order valence-corrected chi connectivity index (χ0v) is 22.0. The zero-order chi connectivity index (χ0) is 25.8. The van der Waals surface area contributed by atoms with Crippen LogP contribution in [0.1, 0.15) is 42.9 Å². The maximum atomic E-state index is 13.1. The van der Waals surface area contributed by atoms with Crippen LogP contribution in [0.4, 0.5) is 13.2 Å². The molecule has 0 atom stereocenters. The summed E-state index contributed by atoms with van der Waals surface area (Å²) < 4.78 is 57.2. The number of halogens is 4. The van der Waals surface area contributed by atoms with Gasteiger partial charge in [0.25, 0.3) is 0 Å². The maximum absolute atomic E-state index is 13.1. The molecule has 0 amide bonds. The van der Waals surface area contributed by atoms with E-state index in [1.807, 2.05) is 45.1 Å². The summed E-state index contributed by atoms with van der Waals surface area (Å²) in [4.78, 5) is 4.33. The molecule has 192 valence electrons. The maximum Gasteiger partial charge on any atom is 0.437 e. The van der Waals surface area contributed by atoms with E-state index in [9.17, 15) is 13.2 Å². The van der Waals surface area contributed by atoms with E-state index in [0.717, 1.165) is 49.0 Å². The van der Waals surface area contributed by atoms with E-state index in [4.69, 9.17) is 14.2 Å². The standard InChI is InChI=1S/C26H31BrF3NO4/c1-5-6-12-33-21-15-18(2)24(19(3)16-21)35-14-9-7-8-13-34-23-11-10-20(17-22(23)27)25(31-32-4)26(28,29)30/h5-6,10-11,15-17H,7-9,12-14H2,1-4H3/b6-5+,31-25?. The van der Waals surface area contributed by atoms with E-state index in [2.05, 4.69) is 25.9 Å². The van der Waals surface area contributed by atoms with Crippen molar-refractivity contribution in [3.8, 4) is 17.2 Å². The van der Waals surface area contributed by atoms with Crippen molar-refractivity contribution in [1.29, 1.82) is 0 Å². The summed E-state index contributed by atoms with van der Waals surface area (Å²) in [5.74, 6) is 2.16. The molecule has 0 radical (unpaired) electrons. The fourth-order valence-electron chi connectivity index (χ4n) is 3.32. The van der Waals surface area contributed by atoms with E-state index in [1.165, 1.54) is 18.2 Å². The Kier molecular flexibility index (Phi) is 11.4. The number of benzene rings is 2. The summed E-state index contributed by atoms with van der Waals surface area (Å²) in [6.45, 7) is 7.51. The number of allylic oxidation sites excluding steroid dienone is 1. The number of hydrogen-bond donors (Lipinski definition) is 0. The van der Waals surface area contributed by atoms with Gasteiger partial charge < -0.3 is 19.0 Å². The Balaban J connectivity index is 1.77. The molecule has 5 nitrogen and oxygen atoms in total. The van der Waals surface area contributed by atoms with Crippen molar-refractivity contribution in [3.63, 3.8) is 0 Å². The van der Waals surface area contributed by atoms with Gasteiger partial charge in [-0.25, -0.2) is 0 Å². The number of nitrogens with zero attached hydrogens (tertiary/aromatic N) is 1. The highest BCUT2D eigenvalue weighted by molar-refractivity contribution is 9.10. The number of unbranched alkanes of at least 4 members (excludes halogenated alkanes) is 2. The second-order valence-corrected chi connectivity index (χ2v) is 8.64. The molecule has 0 aliphatic rings. The average Bonchev–Trinajstić information content (AvgIpc) is 2.78. The Bertz CT molecular complexity index is 999. The molecule has 0 saturated carbocycles. The fourth-order valence-corrected chi connectivity index (χ4v) is 3.82. The highest BCUT2D eigenvalue weighted by Crippen LogP contribution is 2.31. The largest absolute Gasteiger partial charge is 0.493 e. The molecule has 0 heterocycles. The van der Waals surface area contributed by atoms with Crippen LogP contribution in [0.3, 0.4) is 0 Å². The molecule has 0 aromatic heterocycles. The van der Waals surface area contributed by atoms with E-state index >= 15 is 0 Å². The number of alkyl halides is 3. The van der Waals surface area contributed by atoms with Gasteiger partial charge in [0.15, 0.2) is 5.71 Å². The smallest absolute Gasteiger partial charge is 0.437 e. The average molecular weight is 558 g/mol. The molecular formula is C26H31BrF3NO4. The van der Waals surface area contributed by atoms with Crippen molar-refractivity contribution in [2.24, 2.45) is 5.16 Å². The predicted molar refractivity (Wildman–Crippen MR) is 135 cm³/mol. The quantitative estimate of drug-likeness (QED) is 0.110. The van der Waals surface area contributed by atoms with E-state index in [1.54, 1.807) is 0 Å². The number of aryl methyl sites for hydroxylation is 2. The van der Waals surface area contributed by atoms with Gasteiger partial charge in [-0.2, -0.15) is 13.2 Å². The van der Waals surface area contributed by atoms with Crippen molar-refractivity contribution >= 4 is 21.6 Å². The van der Waals surface area contributed by atoms with Crippen LogP contribution in [0.25, 0.3) is 0 Å². The van der Waals surface area contributed by atoms with Gasteiger partial charge >= 0.3 is 6.18 Å². The van der Waals surface area contributed by atoms with E-state index in [0.29, 0.717) is 30.0 Å². The zero-order valence-electron chi connectivity index (χ0n) is 20.4. The van der Waals surface area contributed by atoms with Gasteiger partial charge in [-0.15, -0.1) is 0 Å². The van der Waals surface area contributed by atoms with Crippen molar-refractivity contribution in [2.75, 3.05) is 26.9 Å². The van der Waals surface area contributed by atoms with E-state index < -0.39 is 11.9 Å². The van der Waals surface area contributed by atoms with Gasteiger partial charge in [-0.3, -0.25) is 0 Å². The van der Waals surface area contributed by atoms with Crippen LogP contribution in [0.15, 0.2) is 52.1 Å². The number of ether oxygens (including phenoxy) is 3. The van der Waals surface area contributed by atoms with Crippen molar-refractivity contribution in [2.45, 2.75) is 46.2 Å². The fraction of sp³-hybridized carbons (Fsp3) is 0.423. The van der Waals surface area contributed by atoms with Crippen LogP contribution in [0, 0.1) is 13.8 Å². The lowest BCUT2D eigenvalue weighted by Crippen LogP contribution is -2.24. The molecule has 0 unspecified atom stereocenters. The van der Waals surface area contributed by atoms with Crippen LogP contribution in [-0.2, 0) is 4.84 Å². The molecule has 9 heteroatoms. The minimum Gasteiger partial charge on any atom is -0.493 e. The topological polar surface area (TPSA) is 49.3 Å². The number of oxime groups is 1. The third-order valence-electron chi connectivity index (χ3n) is 4.96. The Labute approximate surface area is 213 Å². The molecule has 0 aliphatic heterocycles. The summed E-state index contributed by atoms with van der Waals surface area (Å²) in [7, 11) is 1.07. The predicted octanol–water partition coefficient (Wildman–Crippen LogP) is 7.56. The molecular weight excluding hydrogens is 527 g/mol. The van der Waals surface area contributed by atoms with Gasteiger partial charge in [-0.05, 0) is 97.4 Å². The summed E-state index contributed by atoms with van der Waals surface area (Å²) in [5.41, 5.74) is 0.843. The summed E-state index contributed by atoms with van der Waals surface area (Å²) in [6.07, 6.45) is 1.80. The molecule has 0 fully saturated rings. The van der Waals surface area contributed by atoms with Crippen LogP contribution in [-0.4, -0.2) is 38.8 Å². The van der Waals surface area contributed by atoms with Crippen LogP contribution >= 0.6 is 15.9 Å². The Morgan fingerprint density at radius 1 is 0.971 bits per heavy atom. The van der Waals surface area contributed by atoms with Gasteiger partial charge in [0.05, 0.1) is 17.7 Å². The second-order valence-electron chi connectivity index (χ2n) is 7.79. The van der Waals surface area contributed by atoms with Gasteiger partial charge in [0, 0.05) is 5.56 Å². The SMILES string of the molecule is C/C=C/COc1cc(C)c(OCCCCCOc2ccc(C(=NOC)C(F)(F)F)cc2Br)c(C)c1. The van der Waals surface area contributed by atoms with Gasteiger partial charge in [0.2, 0.25) is 0 Å². The molecule has 2 aromatic rings. The van der Waals surface area contributed by atoms with E-state index in [-0.39, 0.29) is 5.56 Å². The lowest BCUT2D eigenvalue weighted by Gasteiger charge is -2.14. The van der Waals surface area contributed by atoms with Crippen LogP contribution in [0.2, 0.25) is 0 Å². The highest BCUT2D eigenvalue weighted by Gasteiger charge is 2.38. The Morgan fingerprint density at radius 2 is 1.63 bits per heavy atom. The first-order valence-corrected chi connectivity index (χ1v) is 12.1. The first-order chi connectivity index (χ1) is 16.7. The number of rotatable bonds is 13. The number of hydrogen-bond acceptors (Lipinski definition) is 5. The third-order valence-corrected chi connectivity index (χ3v) is 5.58. The molecule has 2 aromatic carbocycles. The summed E-state index contributed by atoms with van der Waals surface area (Å²) in [6, 6.07) is 8.05. The Morgan fingerprint density at radius 3 is 2.20 bits per heavy atom. The van der Waals surface area contributed by atoms with Gasteiger partial charge in [0.1, 0.15) is 31.0 Å². The molecule has 0 aliphatic carbocycles. The molecule has 0 saturated heterocycles. The normalized spacial score (nSPS) is 12.2. The Hall–Kier alpha value is -2.68. The molecule has 0 N–H and O–H groups in total. The minimum absolute atomic E-state index is 0.112. The lowest BCUT2D eigenvalue weighted by atomic mass is 10.1. The van der Waals surface area contributed by atoms with Crippen LogP contribution in [0.5, 0.6) is 17.2 Å². The molecule has 35 heavy (non-hydrogen) atoms. The van der Waals surface area contributed by atoms with Gasteiger partial charge in [-0.1, -0.05) is 17.3 Å². The molecule has 0 bridgehead atoms. The van der Waals surface area contributed by atoms with Crippen molar-refractivity contribution < 1.29 is 32.2 Å². The second kappa shape index (κ2) is 14.0.